The van der Waals surface area contributed by atoms with Crippen LogP contribution in [0.1, 0.15) is 75.8 Å². The van der Waals surface area contributed by atoms with E-state index in [9.17, 15) is 0 Å². The largest absolute Gasteiger partial charge is 0.126 e. The molecule has 0 N–H and O–H groups in total. The number of benzene rings is 1. The Morgan fingerprint density at radius 3 is 2.14 bits per heavy atom. The van der Waals surface area contributed by atoms with Crippen molar-refractivity contribution in [1.82, 2.24) is 0 Å². The lowest BCUT2D eigenvalue weighted by Gasteiger charge is -2.24. The van der Waals surface area contributed by atoms with Crippen molar-refractivity contribution in [3.05, 3.63) is 35.4 Å². The third kappa shape index (κ3) is 3.86. The second-order valence-corrected chi connectivity index (χ2v) is 10.5. The molecule has 0 aromatic heterocycles. The molecule has 116 valence electrons. The van der Waals surface area contributed by atoms with E-state index in [2.05, 4.69) is 38.1 Å². The van der Waals surface area contributed by atoms with Gasteiger partial charge in [0.2, 0.25) is 0 Å². The highest BCUT2D eigenvalue weighted by atomic mass is 32.2. The first-order valence-corrected chi connectivity index (χ1v) is 10.5. The first kappa shape index (κ1) is 15.5. The summed E-state index contributed by atoms with van der Waals surface area (Å²) in [6.07, 6.45) is 11.3. The molecule has 0 bridgehead atoms. The van der Waals surface area contributed by atoms with E-state index in [1.165, 1.54) is 62.9 Å². The average molecular weight is 304 g/mol. The van der Waals surface area contributed by atoms with Gasteiger partial charge in [0.05, 0.1) is 0 Å². The van der Waals surface area contributed by atoms with Crippen molar-refractivity contribution in [3.8, 4) is 0 Å². The lowest BCUT2D eigenvalue weighted by molar-refractivity contribution is 0.443. The van der Waals surface area contributed by atoms with Gasteiger partial charge in [0.25, 0.3) is 0 Å². The van der Waals surface area contributed by atoms with Crippen molar-refractivity contribution >= 4 is 10.9 Å². The van der Waals surface area contributed by atoms with E-state index in [1.54, 1.807) is 11.1 Å². The van der Waals surface area contributed by atoms with Crippen molar-refractivity contribution in [2.75, 3.05) is 11.5 Å². The van der Waals surface area contributed by atoms with E-state index < -0.39 is 0 Å². The van der Waals surface area contributed by atoms with Crippen molar-refractivity contribution < 1.29 is 0 Å². The predicted octanol–water partition coefficient (Wildman–Crippen LogP) is 5.47. The molecule has 1 saturated heterocycles. The van der Waals surface area contributed by atoms with Crippen LogP contribution in [0.3, 0.4) is 0 Å². The van der Waals surface area contributed by atoms with Crippen LogP contribution in [0.4, 0.5) is 0 Å². The maximum atomic E-state index is 2.50. The van der Waals surface area contributed by atoms with Gasteiger partial charge in [-0.25, -0.2) is 0 Å². The summed E-state index contributed by atoms with van der Waals surface area (Å²) >= 11 is 0. The van der Waals surface area contributed by atoms with Gasteiger partial charge in [0.1, 0.15) is 16.3 Å². The molecule has 1 heterocycles. The predicted molar refractivity (Wildman–Crippen MR) is 96.4 cm³/mol. The molecule has 3 rings (SSSR count). The lowest BCUT2D eigenvalue weighted by atomic mass is 9.83. The maximum absolute atomic E-state index is 2.50. The van der Waals surface area contributed by atoms with Gasteiger partial charge in [-0.15, -0.1) is 0 Å². The minimum atomic E-state index is 0.503. The van der Waals surface area contributed by atoms with Crippen LogP contribution >= 0.6 is 0 Å². The fourth-order valence-electron chi connectivity index (χ4n) is 4.14. The van der Waals surface area contributed by atoms with Crippen LogP contribution in [0, 0.1) is 0 Å². The second kappa shape index (κ2) is 6.77. The Bertz CT molecular complexity index is 433. The molecule has 0 amide bonds. The Morgan fingerprint density at radius 1 is 0.905 bits per heavy atom. The fourth-order valence-corrected chi connectivity index (χ4v) is 6.93. The molecule has 1 aromatic rings. The fraction of sp³-hybridized carbons (Fsp3) is 0.700. The highest BCUT2D eigenvalue weighted by Gasteiger charge is 2.40. The molecule has 1 aliphatic carbocycles. The van der Waals surface area contributed by atoms with E-state index in [0.717, 1.165) is 5.92 Å². The Balaban J connectivity index is 1.63. The molecular formula is C20H31S+. The van der Waals surface area contributed by atoms with Gasteiger partial charge < -0.3 is 0 Å². The lowest BCUT2D eigenvalue weighted by Crippen LogP contribution is -2.35. The molecule has 0 radical (unpaired) electrons. The Labute approximate surface area is 134 Å². The molecule has 21 heavy (non-hydrogen) atoms. The molecule has 1 saturated carbocycles. The zero-order chi connectivity index (χ0) is 14.7. The molecule has 1 aromatic carbocycles. The summed E-state index contributed by atoms with van der Waals surface area (Å²) in [6.45, 7) is 4.99. The van der Waals surface area contributed by atoms with Gasteiger partial charge in [-0.05, 0) is 67.5 Å². The van der Waals surface area contributed by atoms with Crippen molar-refractivity contribution in [2.45, 2.75) is 75.9 Å². The average Bonchev–Trinajstić information content (AvgIpc) is 3.04. The van der Waals surface area contributed by atoms with Crippen molar-refractivity contribution in [2.24, 2.45) is 0 Å². The summed E-state index contributed by atoms with van der Waals surface area (Å²) in [4.78, 5) is 0. The van der Waals surface area contributed by atoms with E-state index in [0.29, 0.717) is 15.6 Å². The van der Waals surface area contributed by atoms with Gasteiger partial charge in [0, 0.05) is 6.42 Å². The van der Waals surface area contributed by atoms with Gasteiger partial charge in [-0.2, -0.15) is 0 Å². The quantitative estimate of drug-likeness (QED) is 0.647. The summed E-state index contributed by atoms with van der Waals surface area (Å²) in [5.41, 5.74) is 3.15. The monoisotopic (exact) mass is 303 g/mol. The van der Waals surface area contributed by atoms with Gasteiger partial charge >= 0.3 is 0 Å². The Kier molecular flexibility index (Phi) is 4.99. The molecule has 2 aliphatic rings. The minimum absolute atomic E-state index is 0.503. The molecule has 0 nitrogen and oxygen atoms in total. The first-order chi connectivity index (χ1) is 10.1. The SMILES string of the molecule is CC(C)(Cc1ccc(C2CCCCC2)cc1)[S+]1CCCC1. The molecule has 0 spiro atoms. The van der Waals surface area contributed by atoms with Crippen molar-refractivity contribution in [1.29, 1.82) is 0 Å². The van der Waals surface area contributed by atoms with Crippen molar-refractivity contribution in [3.63, 3.8) is 0 Å². The smallest absolute Gasteiger partial charge is 0.0586 e. The number of hydrogen-bond acceptors (Lipinski definition) is 0. The summed E-state index contributed by atoms with van der Waals surface area (Å²) < 4.78 is 0.503. The van der Waals surface area contributed by atoms with E-state index in [4.69, 9.17) is 0 Å². The third-order valence-corrected chi connectivity index (χ3v) is 8.77. The molecule has 0 atom stereocenters. The van der Waals surface area contributed by atoms with E-state index in [-0.39, 0.29) is 0 Å². The second-order valence-electron chi connectivity index (χ2n) is 7.62. The van der Waals surface area contributed by atoms with Crippen LogP contribution in [0.2, 0.25) is 0 Å². The van der Waals surface area contributed by atoms with Crippen LogP contribution < -0.4 is 0 Å². The van der Waals surface area contributed by atoms with Gasteiger partial charge in [-0.1, -0.05) is 43.5 Å². The van der Waals surface area contributed by atoms with Crippen LogP contribution in [-0.2, 0) is 17.3 Å². The van der Waals surface area contributed by atoms with Crippen LogP contribution in [-0.4, -0.2) is 16.3 Å². The van der Waals surface area contributed by atoms with E-state index >= 15 is 0 Å². The summed E-state index contributed by atoms with van der Waals surface area (Å²) in [6, 6.07) is 9.70. The van der Waals surface area contributed by atoms with Crippen LogP contribution in [0.5, 0.6) is 0 Å². The molecular weight excluding hydrogens is 272 g/mol. The third-order valence-electron chi connectivity index (χ3n) is 5.50. The van der Waals surface area contributed by atoms with Crippen LogP contribution in [0.25, 0.3) is 0 Å². The topological polar surface area (TPSA) is 0 Å². The standard InChI is InChI=1S/C20H31S/c1-20(2,21-14-6-7-15-21)16-17-10-12-19(13-11-17)18-8-4-3-5-9-18/h10-13,18H,3-9,14-16H2,1-2H3/q+1. The molecule has 1 heteroatoms. The van der Waals surface area contributed by atoms with Gasteiger partial charge in [0.15, 0.2) is 0 Å². The van der Waals surface area contributed by atoms with E-state index in [1.807, 2.05) is 0 Å². The normalized spacial score (nSPS) is 21.8. The molecule has 2 fully saturated rings. The molecule has 0 unspecified atom stereocenters. The zero-order valence-corrected chi connectivity index (χ0v) is 14.7. The minimum Gasteiger partial charge on any atom is -0.0586 e. The van der Waals surface area contributed by atoms with Gasteiger partial charge in [-0.3, -0.25) is 0 Å². The maximum Gasteiger partial charge on any atom is 0.126 e. The summed E-state index contributed by atoms with van der Waals surface area (Å²) in [7, 11) is 0.652. The summed E-state index contributed by atoms with van der Waals surface area (Å²) in [5.74, 6) is 3.80. The Hall–Kier alpha value is -0.430. The zero-order valence-electron chi connectivity index (χ0n) is 13.9. The molecule has 1 aliphatic heterocycles. The highest BCUT2D eigenvalue weighted by Crippen LogP contribution is 2.34. The summed E-state index contributed by atoms with van der Waals surface area (Å²) in [5, 5.41) is 0. The number of rotatable bonds is 4. The Morgan fingerprint density at radius 2 is 1.52 bits per heavy atom. The van der Waals surface area contributed by atoms with Crippen LogP contribution in [0.15, 0.2) is 24.3 Å². The first-order valence-electron chi connectivity index (χ1n) is 8.92. The highest BCUT2D eigenvalue weighted by molar-refractivity contribution is 7.98. The number of hydrogen-bond donors (Lipinski definition) is 0.